The molecule has 4 fully saturated rings. The maximum Gasteiger partial charge on any atom is 0.132 e. The number of aromatic amines is 1. The number of carbonyl (C=O) groups is 1. The van der Waals surface area contributed by atoms with Crippen LogP contribution < -0.4 is 24.6 Å². The lowest BCUT2D eigenvalue weighted by atomic mass is 9.81. The minimum Gasteiger partial charge on any atom is -0.497 e. The summed E-state index contributed by atoms with van der Waals surface area (Å²) in [6, 6.07) is 27.1. The van der Waals surface area contributed by atoms with Crippen molar-refractivity contribution in [2.45, 2.75) is 69.2 Å². The Balaban J connectivity index is 0.000000133. The van der Waals surface area contributed by atoms with Gasteiger partial charge in [0.05, 0.1) is 42.1 Å². The van der Waals surface area contributed by atoms with Gasteiger partial charge in [0.25, 0.3) is 0 Å². The van der Waals surface area contributed by atoms with E-state index in [1.165, 1.54) is 59.6 Å². The molecule has 4 aliphatic rings. The molecule has 0 spiro atoms. The van der Waals surface area contributed by atoms with E-state index in [0.717, 1.165) is 115 Å². The Morgan fingerprint density at radius 3 is 1.81 bits per heavy atom. The fourth-order valence-corrected chi connectivity index (χ4v) is 11.4. The Labute approximate surface area is 408 Å². The molecule has 13 heteroatoms. The summed E-state index contributed by atoms with van der Waals surface area (Å²) in [4.78, 5) is 31.3. The predicted octanol–water partition coefficient (Wildman–Crippen LogP) is 10.9. The molecule has 2 saturated carbocycles. The van der Waals surface area contributed by atoms with Crippen LogP contribution >= 0.6 is 0 Å². The normalized spacial score (nSPS) is 19.2. The van der Waals surface area contributed by atoms with Crippen LogP contribution in [0.15, 0.2) is 110 Å². The smallest absolute Gasteiger partial charge is 0.132 e. The monoisotopic (exact) mass is 947 g/mol. The van der Waals surface area contributed by atoms with Crippen LogP contribution in [0.4, 0.5) is 20.2 Å². The highest BCUT2D eigenvalue weighted by Gasteiger charge is 2.31. The van der Waals surface area contributed by atoms with Gasteiger partial charge >= 0.3 is 0 Å². The zero-order chi connectivity index (χ0) is 48.1. The first kappa shape index (κ1) is 47.1. The zero-order valence-electron chi connectivity index (χ0n) is 40.6. The Kier molecular flexibility index (Phi) is 14.3. The van der Waals surface area contributed by atoms with E-state index < -0.39 is 0 Å². The number of H-pyrrole nitrogens is 1. The van der Waals surface area contributed by atoms with Gasteiger partial charge in [-0.3, -0.25) is 19.7 Å². The second-order valence-electron chi connectivity index (χ2n) is 19.3. The average Bonchev–Trinajstić information content (AvgIpc) is 3.98. The summed E-state index contributed by atoms with van der Waals surface area (Å²) in [6.07, 6.45) is 16.0. The van der Waals surface area contributed by atoms with Crippen LogP contribution in [0, 0.1) is 11.6 Å². The third-order valence-corrected chi connectivity index (χ3v) is 15.2. The molecule has 0 unspecified atom stereocenters. The molecular weight excluding hydrogens is 883 g/mol. The lowest BCUT2D eigenvalue weighted by molar-refractivity contribution is -0.120. The van der Waals surface area contributed by atoms with Crippen molar-refractivity contribution in [3.8, 4) is 11.5 Å². The maximum absolute atomic E-state index is 13.6. The van der Waals surface area contributed by atoms with E-state index in [9.17, 15) is 13.6 Å². The van der Waals surface area contributed by atoms with Crippen molar-refractivity contribution in [3.63, 3.8) is 0 Å². The number of anilines is 2. The molecule has 4 aromatic heterocycles. The van der Waals surface area contributed by atoms with E-state index in [1.807, 2.05) is 54.3 Å². The van der Waals surface area contributed by atoms with Crippen molar-refractivity contribution in [2.75, 3.05) is 76.4 Å². The Hall–Kier alpha value is -6.57. The van der Waals surface area contributed by atoms with Crippen LogP contribution in [-0.4, -0.2) is 103 Å². The molecule has 2 aliphatic carbocycles. The number of nitrogens with one attached hydrogen (secondary N) is 2. The average molecular weight is 947 g/mol. The number of rotatable bonds is 7. The number of nitrogens with zero attached hydrogens (tertiary/aromatic N) is 6. The van der Waals surface area contributed by atoms with E-state index in [2.05, 4.69) is 77.7 Å². The molecule has 12 rings (SSSR count). The molecule has 70 heavy (non-hydrogen) atoms. The number of carbonyl (C=O) groups excluding carboxylic acids is 1. The molecule has 0 bridgehead atoms. The van der Waals surface area contributed by atoms with Gasteiger partial charge in [0.2, 0.25) is 0 Å². The summed E-state index contributed by atoms with van der Waals surface area (Å²) in [5, 5.41) is 7.92. The standard InChI is InChI=1S/C28H31FN4O.C15H16FNO.C14H17N3O/c1-34-23-15-20-3-2-10-30-28(20)27(17-23)33-13-11-32(12-14-33)22-7-4-19(5-8-22)25-18-31-26-16-21(29)6-9-24(25)26;1-17-9-14(10-2-5-12(18)6-3-10)13-7-4-11(16)8-15(13)17;1-18-12-9-11-3-2-4-16-14(11)13(10-12)17-7-5-15-6-8-17/h2-3,6,9-10,15-19,22,31H,4-5,7-8,11-14H2,1H3;4,7-10H,2-3,5-6H2,1H3;2-4,9-10,15H,5-8H2,1H3. The molecule has 8 aromatic rings. The minimum atomic E-state index is -0.200. The number of methoxy groups -OCH3 is 2. The molecule has 364 valence electrons. The highest BCUT2D eigenvalue weighted by Crippen LogP contribution is 2.40. The summed E-state index contributed by atoms with van der Waals surface area (Å²) in [5.41, 5.74) is 8.92. The zero-order valence-corrected chi connectivity index (χ0v) is 40.6. The maximum atomic E-state index is 13.6. The molecule has 2 N–H and O–H groups in total. The number of ether oxygens (including phenoxy) is 2. The Morgan fingerprint density at radius 2 is 1.20 bits per heavy atom. The van der Waals surface area contributed by atoms with Gasteiger partial charge in [-0.15, -0.1) is 0 Å². The van der Waals surface area contributed by atoms with Gasteiger partial charge < -0.3 is 34.1 Å². The molecular formula is C57H64F2N8O3. The molecule has 6 heterocycles. The number of benzene rings is 4. The molecule has 0 atom stereocenters. The van der Waals surface area contributed by atoms with Crippen molar-refractivity contribution >= 4 is 60.8 Å². The number of piperazine rings is 2. The molecule has 0 radical (unpaired) electrons. The lowest BCUT2D eigenvalue weighted by Gasteiger charge is -2.42. The minimum absolute atomic E-state index is 0.179. The number of aromatic nitrogens is 4. The third kappa shape index (κ3) is 10.2. The van der Waals surface area contributed by atoms with Crippen molar-refractivity contribution in [3.05, 3.63) is 132 Å². The first-order chi connectivity index (χ1) is 34.2. The number of pyridine rings is 2. The van der Waals surface area contributed by atoms with E-state index in [-0.39, 0.29) is 11.6 Å². The van der Waals surface area contributed by atoms with Gasteiger partial charge in [-0.25, -0.2) is 8.78 Å². The highest BCUT2D eigenvalue weighted by atomic mass is 19.1. The number of ketones is 1. The summed E-state index contributed by atoms with van der Waals surface area (Å²) >= 11 is 0. The Morgan fingerprint density at radius 1 is 0.629 bits per heavy atom. The van der Waals surface area contributed by atoms with Crippen LogP contribution in [0.1, 0.15) is 74.3 Å². The van der Waals surface area contributed by atoms with Crippen LogP contribution in [-0.2, 0) is 11.8 Å². The number of Topliss-reactive ketones (excluding diaryl/α,β-unsaturated/α-hetero) is 1. The van der Waals surface area contributed by atoms with E-state index in [4.69, 9.17) is 9.47 Å². The Bertz CT molecular complexity index is 3080. The lowest BCUT2D eigenvalue weighted by Crippen LogP contribution is -2.51. The molecule has 2 saturated heterocycles. The van der Waals surface area contributed by atoms with Gasteiger partial charge in [0, 0.05) is 142 Å². The fourth-order valence-electron chi connectivity index (χ4n) is 11.4. The van der Waals surface area contributed by atoms with Crippen LogP contribution in [0.3, 0.4) is 0 Å². The van der Waals surface area contributed by atoms with Crippen molar-refractivity contribution in [1.29, 1.82) is 0 Å². The highest BCUT2D eigenvalue weighted by molar-refractivity contribution is 5.93. The first-order valence-corrected chi connectivity index (χ1v) is 25.1. The van der Waals surface area contributed by atoms with Crippen molar-refractivity contribution in [1.82, 2.24) is 29.7 Å². The SMILES string of the molecule is COc1cc(N2CCN(C3CCC(c4c[nH]c5cc(F)ccc45)CC3)CC2)c2ncccc2c1.COc1cc(N2CCNCC2)c2ncccc2c1.Cn1cc(C2CCC(=O)CC2)c2ccc(F)cc21. The van der Waals surface area contributed by atoms with E-state index in [1.54, 1.807) is 32.4 Å². The number of hydrogen-bond acceptors (Lipinski definition) is 9. The molecule has 2 aliphatic heterocycles. The third-order valence-electron chi connectivity index (χ3n) is 15.2. The topological polar surface area (TPSA) is 104 Å². The molecule has 11 nitrogen and oxygen atoms in total. The number of aryl methyl sites for hydroxylation is 1. The van der Waals surface area contributed by atoms with Gasteiger partial charge in [-0.05, 0) is 122 Å². The van der Waals surface area contributed by atoms with Crippen molar-refractivity contribution < 1.29 is 23.0 Å². The first-order valence-electron chi connectivity index (χ1n) is 25.1. The van der Waals surface area contributed by atoms with Crippen molar-refractivity contribution in [2.24, 2.45) is 7.05 Å². The number of fused-ring (bicyclic) bond motifs is 4. The van der Waals surface area contributed by atoms with E-state index in [0.29, 0.717) is 36.5 Å². The predicted molar refractivity (Wildman–Crippen MR) is 278 cm³/mol. The van der Waals surface area contributed by atoms with Crippen LogP contribution in [0.2, 0.25) is 0 Å². The second kappa shape index (κ2) is 21.2. The largest absolute Gasteiger partial charge is 0.497 e. The van der Waals surface area contributed by atoms with Crippen LogP contribution in [0.25, 0.3) is 43.6 Å². The molecule has 0 amide bonds. The fraction of sp³-hybridized carbons (Fsp3) is 0.386. The van der Waals surface area contributed by atoms with Gasteiger partial charge in [-0.2, -0.15) is 0 Å². The van der Waals surface area contributed by atoms with Gasteiger partial charge in [-0.1, -0.05) is 12.1 Å². The van der Waals surface area contributed by atoms with Crippen LogP contribution in [0.5, 0.6) is 11.5 Å². The van der Waals surface area contributed by atoms with Gasteiger partial charge in [0.1, 0.15) is 28.9 Å². The summed E-state index contributed by atoms with van der Waals surface area (Å²) in [5.74, 6) is 2.77. The molecule has 4 aromatic carbocycles. The summed E-state index contributed by atoms with van der Waals surface area (Å²) in [7, 11) is 5.38. The quantitative estimate of drug-likeness (QED) is 0.162. The van der Waals surface area contributed by atoms with E-state index >= 15 is 0 Å². The summed E-state index contributed by atoms with van der Waals surface area (Å²) in [6.45, 7) is 8.23. The number of hydrogen-bond donors (Lipinski definition) is 2. The number of halogens is 2. The second-order valence-corrected chi connectivity index (χ2v) is 19.3. The van der Waals surface area contributed by atoms with Gasteiger partial charge in [0.15, 0.2) is 0 Å². The summed E-state index contributed by atoms with van der Waals surface area (Å²) < 4.78 is 39.7.